The first-order valence-electron chi connectivity index (χ1n) is 16.0. The number of hydrogen-bond donors (Lipinski definition) is 3. The summed E-state index contributed by atoms with van der Waals surface area (Å²) in [4.78, 5) is 10.5. The highest BCUT2D eigenvalue weighted by Gasteiger charge is 2.41. The predicted molar refractivity (Wildman–Crippen MR) is 189 cm³/mol. The van der Waals surface area contributed by atoms with Gasteiger partial charge >= 0.3 is 0 Å². The van der Waals surface area contributed by atoms with Gasteiger partial charge in [0.15, 0.2) is 0 Å². The molecule has 1 atom stereocenters. The van der Waals surface area contributed by atoms with E-state index in [0.717, 1.165) is 54.1 Å². The highest BCUT2D eigenvalue weighted by molar-refractivity contribution is 8.24. The Kier molecular flexibility index (Phi) is 8.72. The summed E-state index contributed by atoms with van der Waals surface area (Å²) in [6.45, 7) is 6.90. The summed E-state index contributed by atoms with van der Waals surface area (Å²) in [6, 6.07) is 37.6. The molecule has 238 valence electrons. The van der Waals surface area contributed by atoms with Crippen molar-refractivity contribution in [2.45, 2.75) is 43.4 Å². The van der Waals surface area contributed by atoms with E-state index in [0.29, 0.717) is 31.1 Å². The van der Waals surface area contributed by atoms with Gasteiger partial charge in [-0.05, 0) is 48.2 Å². The molecule has 0 radical (unpaired) electrons. The van der Waals surface area contributed by atoms with E-state index in [1.165, 1.54) is 16.7 Å². The number of rotatable bonds is 9. The molecule has 8 heteroatoms. The van der Waals surface area contributed by atoms with Gasteiger partial charge in [0.05, 0.1) is 28.3 Å². The second-order valence-electron chi connectivity index (χ2n) is 12.7. The van der Waals surface area contributed by atoms with Crippen LogP contribution in [0.3, 0.4) is 0 Å². The molecule has 3 N–H and O–H groups in total. The van der Waals surface area contributed by atoms with Gasteiger partial charge in [-0.2, -0.15) is 10.6 Å². The van der Waals surface area contributed by atoms with Crippen LogP contribution in [0.4, 0.5) is 11.5 Å². The molecule has 3 heterocycles. The second-order valence-corrected chi connectivity index (χ2v) is 14.8. The quantitative estimate of drug-likeness (QED) is 0.152. The Labute approximate surface area is 273 Å². The third-order valence-electron chi connectivity index (χ3n) is 9.40. The third-order valence-corrected chi connectivity index (χ3v) is 11.3. The van der Waals surface area contributed by atoms with Crippen LogP contribution in [-0.4, -0.2) is 56.6 Å². The average Bonchev–Trinajstić information content (AvgIpc) is 3.51. The summed E-state index contributed by atoms with van der Waals surface area (Å²) in [5.41, 5.74) is 6.39. The standard InChI is InChI=1S/C38H42N4O3S/c1-29-16-17-34-33(22-29)35(23-37(40-34)41-19-21-46(43,44)36-15-9-8-14-32(36)26-41)39-27-38(18-20-45-28-38)42(24-30-10-4-2-5-11-30)25-31-12-6-3-7-13-31/h2-17,22-23,43-44H,18-21,24-28H2,1H3,(H,39,40). The minimum absolute atomic E-state index is 0.219. The molecule has 0 spiro atoms. The normalized spacial score (nSPS) is 20.0. The third kappa shape index (κ3) is 6.49. The molecule has 1 saturated heterocycles. The van der Waals surface area contributed by atoms with Crippen molar-refractivity contribution in [3.63, 3.8) is 0 Å². The fraction of sp³-hybridized carbons (Fsp3) is 0.289. The predicted octanol–water partition coefficient (Wildman–Crippen LogP) is 7.95. The van der Waals surface area contributed by atoms with E-state index in [4.69, 9.17) is 9.72 Å². The number of nitrogens with one attached hydrogen (secondary N) is 1. The molecule has 1 fully saturated rings. The van der Waals surface area contributed by atoms with Crippen molar-refractivity contribution >= 4 is 33.0 Å². The lowest BCUT2D eigenvalue weighted by atomic mass is 9.93. The highest BCUT2D eigenvalue weighted by atomic mass is 32.3. The molecule has 4 aromatic carbocycles. The number of fused-ring (bicyclic) bond motifs is 2. The number of ether oxygens (including phenoxy) is 1. The van der Waals surface area contributed by atoms with Gasteiger partial charge in [-0.1, -0.05) is 90.5 Å². The topological polar surface area (TPSA) is 81.1 Å². The maximum atomic E-state index is 11.0. The minimum atomic E-state index is -2.87. The molecule has 7 rings (SSSR count). The van der Waals surface area contributed by atoms with Gasteiger partial charge in [0.25, 0.3) is 0 Å². The fourth-order valence-corrected chi connectivity index (χ4v) is 8.31. The fourth-order valence-electron chi connectivity index (χ4n) is 6.77. The molecule has 46 heavy (non-hydrogen) atoms. The van der Waals surface area contributed by atoms with Crippen LogP contribution in [0.25, 0.3) is 10.9 Å². The minimum Gasteiger partial charge on any atom is -0.382 e. The van der Waals surface area contributed by atoms with Gasteiger partial charge in [0.1, 0.15) is 5.82 Å². The number of aromatic nitrogens is 1. The van der Waals surface area contributed by atoms with Crippen molar-refractivity contribution in [3.05, 3.63) is 131 Å². The average molecular weight is 635 g/mol. The largest absolute Gasteiger partial charge is 0.382 e. The number of benzene rings is 4. The first-order valence-corrected chi connectivity index (χ1v) is 17.7. The van der Waals surface area contributed by atoms with Crippen LogP contribution in [0.1, 0.15) is 28.7 Å². The van der Waals surface area contributed by atoms with Crippen molar-refractivity contribution in [3.8, 4) is 0 Å². The Hall–Kier alpha value is -3.92. The van der Waals surface area contributed by atoms with Crippen LogP contribution in [0.2, 0.25) is 0 Å². The maximum Gasteiger partial charge on any atom is 0.131 e. The SMILES string of the molecule is Cc1ccc2nc(N3CCS(O)(O)c4ccccc4C3)cc(NCC3(N(Cc4ccccc4)Cc4ccccc4)CCOC3)c2c1. The van der Waals surface area contributed by atoms with Gasteiger partial charge in [0, 0.05) is 56.5 Å². The van der Waals surface area contributed by atoms with E-state index in [2.05, 4.69) is 107 Å². The number of anilines is 2. The zero-order chi connectivity index (χ0) is 31.6. The monoisotopic (exact) mass is 634 g/mol. The van der Waals surface area contributed by atoms with Crippen molar-refractivity contribution in [1.82, 2.24) is 9.88 Å². The van der Waals surface area contributed by atoms with Crippen LogP contribution in [0.15, 0.2) is 114 Å². The Morgan fingerprint density at radius 2 is 1.59 bits per heavy atom. The summed E-state index contributed by atoms with van der Waals surface area (Å²) >= 11 is 0. The first-order chi connectivity index (χ1) is 22.4. The van der Waals surface area contributed by atoms with E-state index < -0.39 is 10.6 Å². The smallest absolute Gasteiger partial charge is 0.131 e. The Bertz CT molecular complexity index is 1750. The summed E-state index contributed by atoms with van der Waals surface area (Å²) < 4.78 is 28.1. The van der Waals surface area contributed by atoms with Gasteiger partial charge in [-0.15, -0.1) is 0 Å². The number of hydrogen-bond acceptors (Lipinski definition) is 7. The second kappa shape index (κ2) is 13.1. The lowest BCUT2D eigenvalue weighted by Crippen LogP contribution is -2.53. The number of pyridine rings is 1. The molecule has 0 aliphatic carbocycles. The van der Waals surface area contributed by atoms with Crippen molar-refractivity contribution in [1.29, 1.82) is 0 Å². The van der Waals surface area contributed by atoms with Crippen molar-refractivity contribution in [2.24, 2.45) is 0 Å². The van der Waals surface area contributed by atoms with E-state index in [-0.39, 0.29) is 11.3 Å². The molecule has 1 unspecified atom stereocenters. The molecule has 5 aromatic rings. The molecule has 7 nitrogen and oxygen atoms in total. The van der Waals surface area contributed by atoms with Crippen LogP contribution >= 0.6 is 10.6 Å². The molecule has 0 amide bonds. The Morgan fingerprint density at radius 1 is 0.891 bits per heavy atom. The van der Waals surface area contributed by atoms with Gasteiger partial charge in [0.2, 0.25) is 0 Å². The molecule has 1 aromatic heterocycles. The first kappa shape index (κ1) is 30.7. The van der Waals surface area contributed by atoms with E-state index in [1.807, 2.05) is 24.3 Å². The zero-order valence-corrected chi connectivity index (χ0v) is 27.1. The van der Waals surface area contributed by atoms with E-state index in [1.54, 1.807) is 0 Å². The highest BCUT2D eigenvalue weighted by Crippen LogP contribution is 2.51. The molecular weight excluding hydrogens is 593 g/mol. The van der Waals surface area contributed by atoms with E-state index >= 15 is 0 Å². The van der Waals surface area contributed by atoms with Crippen molar-refractivity contribution in [2.75, 3.05) is 42.3 Å². The molecular formula is C38H42N4O3S. The van der Waals surface area contributed by atoms with Gasteiger partial charge < -0.3 is 15.0 Å². The van der Waals surface area contributed by atoms with Gasteiger partial charge in [-0.25, -0.2) is 4.98 Å². The number of aryl methyl sites for hydroxylation is 1. The number of nitrogens with zero attached hydrogens (tertiary/aromatic N) is 3. The van der Waals surface area contributed by atoms with Crippen LogP contribution in [-0.2, 0) is 24.4 Å². The summed E-state index contributed by atoms with van der Waals surface area (Å²) in [7, 11) is -2.87. The van der Waals surface area contributed by atoms with E-state index in [9.17, 15) is 9.11 Å². The lowest BCUT2D eigenvalue weighted by Gasteiger charge is -2.41. The summed E-state index contributed by atoms with van der Waals surface area (Å²) in [5.74, 6) is 1.10. The molecule has 0 saturated carbocycles. The van der Waals surface area contributed by atoms with Gasteiger partial charge in [-0.3, -0.25) is 14.0 Å². The zero-order valence-electron chi connectivity index (χ0n) is 26.3. The summed E-state index contributed by atoms with van der Waals surface area (Å²) in [5, 5.41) is 4.98. The molecule has 2 aliphatic rings. The lowest BCUT2D eigenvalue weighted by molar-refractivity contribution is 0.0616. The molecule has 0 bridgehead atoms. The summed E-state index contributed by atoms with van der Waals surface area (Å²) in [6.07, 6.45) is 0.926. The van der Waals surface area contributed by atoms with Crippen molar-refractivity contribution < 1.29 is 13.8 Å². The molecule has 2 aliphatic heterocycles. The van der Waals surface area contributed by atoms with Crippen LogP contribution < -0.4 is 10.2 Å². The van der Waals surface area contributed by atoms with Crippen LogP contribution in [0, 0.1) is 6.92 Å². The Balaban J connectivity index is 1.23. The Morgan fingerprint density at radius 3 is 2.28 bits per heavy atom. The van der Waals surface area contributed by atoms with Crippen LogP contribution in [0.5, 0.6) is 0 Å². The maximum absolute atomic E-state index is 11.0.